The molecule has 0 unspecified atom stereocenters. The summed E-state index contributed by atoms with van der Waals surface area (Å²) >= 11 is 0. The molecule has 0 spiro atoms. The van der Waals surface area contributed by atoms with Gasteiger partial charge in [0.2, 0.25) is 0 Å². The van der Waals surface area contributed by atoms with E-state index in [9.17, 15) is 9.90 Å². The van der Waals surface area contributed by atoms with Crippen LogP contribution in [0.25, 0.3) is 28.7 Å². The molecule has 29 heavy (non-hydrogen) atoms. The minimum absolute atomic E-state index is 0.0384. The van der Waals surface area contributed by atoms with Crippen LogP contribution in [0.5, 0.6) is 11.5 Å². The lowest BCUT2D eigenvalue weighted by atomic mass is 10.1. The summed E-state index contributed by atoms with van der Waals surface area (Å²) in [5.41, 5.74) is 2.83. The van der Waals surface area contributed by atoms with E-state index in [1.165, 1.54) is 7.11 Å². The summed E-state index contributed by atoms with van der Waals surface area (Å²) in [5, 5.41) is 10.9. The smallest absolute Gasteiger partial charge is 0.266 e. The minimum Gasteiger partial charge on any atom is -0.504 e. The van der Waals surface area contributed by atoms with Gasteiger partial charge in [0.25, 0.3) is 5.56 Å². The summed E-state index contributed by atoms with van der Waals surface area (Å²) in [6.45, 7) is 1.98. The van der Waals surface area contributed by atoms with E-state index < -0.39 is 0 Å². The van der Waals surface area contributed by atoms with E-state index in [-0.39, 0.29) is 11.3 Å². The number of aryl methyl sites for hydroxylation is 1. The fourth-order valence-electron chi connectivity index (χ4n) is 3.28. The molecule has 0 saturated carbocycles. The van der Waals surface area contributed by atoms with Crippen LogP contribution in [-0.2, 0) is 0 Å². The van der Waals surface area contributed by atoms with Crippen LogP contribution in [0.3, 0.4) is 0 Å². The molecule has 4 rings (SSSR count). The number of rotatable bonds is 4. The second kappa shape index (κ2) is 7.64. The quantitative estimate of drug-likeness (QED) is 0.559. The fourth-order valence-corrected chi connectivity index (χ4v) is 3.28. The molecule has 0 fully saturated rings. The lowest BCUT2D eigenvalue weighted by molar-refractivity contribution is 0.373. The minimum atomic E-state index is -0.143. The van der Waals surface area contributed by atoms with E-state index in [1.807, 2.05) is 49.4 Å². The molecule has 1 N–H and O–H groups in total. The zero-order chi connectivity index (χ0) is 20.4. The highest BCUT2D eigenvalue weighted by Gasteiger charge is 2.12. The van der Waals surface area contributed by atoms with Gasteiger partial charge in [-0.1, -0.05) is 36.4 Å². The summed E-state index contributed by atoms with van der Waals surface area (Å²) in [7, 11) is 1.50. The molecule has 0 radical (unpaired) electrons. The van der Waals surface area contributed by atoms with Crippen LogP contribution < -0.4 is 10.3 Å². The average Bonchev–Trinajstić information content (AvgIpc) is 2.73. The van der Waals surface area contributed by atoms with Gasteiger partial charge in [0.05, 0.1) is 23.7 Å². The van der Waals surface area contributed by atoms with Crippen molar-refractivity contribution >= 4 is 23.1 Å². The third-order valence-corrected chi connectivity index (χ3v) is 4.72. The number of hydrogen-bond acceptors (Lipinski definition) is 4. The van der Waals surface area contributed by atoms with E-state index >= 15 is 0 Å². The first-order valence-electron chi connectivity index (χ1n) is 9.21. The highest BCUT2D eigenvalue weighted by atomic mass is 16.5. The summed E-state index contributed by atoms with van der Waals surface area (Å²) in [6, 6.07) is 20.2. The number of ether oxygens (including phenoxy) is 1. The van der Waals surface area contributed by atoms with E-state index in [4.69, 9.17) is 9.72 Å². The zero-order valence-electron chi connectivity index (χ0n) is 16.2. The molecule has 0 aliphatic carbocycles. The lowest BCUT2D eigenvalue weighted by Gasteiger charge is -2.12. The third kappa shape index (κ3) is 3.50. The largest absolute Gasteiger partial charge is 0.504 e. The summed E-state index contributed by atoms with van der Waals surface area (Å²) in [4.78, 5) is 18.0. The Morgan fingerprint density at radius 2 is 1.79 bits per heavy atom. The molecule has 0 aliphatic heterocycles. The molecular formula is C24H20N2O3. The van der Waals surface area contributed by atoms with E-state index in [0.717, 1.165) is 11.3 Å². The zero-order valence-corrected chi connectivity index (χ0v) is 16.2. The Hall–Kier alpha value is -3.86. The van der Waals surface area contributed by atoms with Crippen LogP contribution in [0.15, 0.2) is 71.5 Å². The summed E-state index contributed by atoms with van der Waals surface area (Å²) in [6.07, 6.45) is 3.45. The molecule has 0 bridgehead atoms. The van der Waals surface area contributed by atoms with Gasteiger partial charge in [-0.3, -0.25) is 9.36 Å². The molecule has 0 saturated heterocycles. The summed E-state index contributed by atoms with van der Waals surface area (Å²) in [5.74, 6) is 0.896. The van der Waals surface area contributed by atoms with Gasteiger partial charge in [0.1, 0.15) is 5.82 Å². The SMILES string of the molecule is COc1cccc(C=Cc2nc3ccccc3c(=O)n2-c2cccc(C)c2)c1O. The number of benzene rings is 3. The van der Waals surface area contributed by atoms with E-state index in [2.05, 4.69) is 0 Å². The summed E-state index contributed by atoms with van der Waals surface area (Å²) < 4.78 is 6.75. The molecule has 1 heterocycles. The van der Waals surface area contributed by atoms with Gasteiger partial charge in [-0.2, -0.15) is 0 Å². The molecule has 4 aromatic rings. The van der Waals surface area contributed by atoms with Crippen molar-refractivity contribution in [2.75, 3.05) is 7.11 Å². The molecule has 0 aliphatic rings. The maximum absolute atomic E-state index is 13.3. The predicted molar refractivity (Wildman–Crippen MR) is 116 cm³/mol. The predicted octanol–water partition coefficient (Wildman–Crippen LogP) is 4.58. The maximum atomic E-state index is 13.3. The number of nitrogens with zero attached hydrogens (tertiary/aromatic N) is 2. The first-order chi connectivity index (χ1) is 14.1. The average molecular weight is 384 g/mol. The van der Waals surface area contributed by atoms with Crippen molar-refractivity contribution < 1.29 is 9.84 Å². The van der Waals surface area contributed by atoms with Crippen molar-refractivity contribution in [3.63, 3.8) is 0 Å². The van der Waals surface area contributed by atoms with Crippen LogP contribution in [0.1, 0.15) is 17.0 Å². The van der Waals surface area contributed by atoms with Crippen molar-refractivity contribution in [1.82, 2.24) is 9.55 Å². The van der Waals surface area contributed by atoms with Gasteiger partial charge in [-0.15, -0.1) is 0 Å². The highest BCUT2D eigenvalue weighted by molar-refractivity contribution is 5.80. The molecular weight excluding hydrogens is 364 g/mol. The Balaban J connectivity index is 1.94. The Kier molecular flexibility index (Phi) is 4.87. The van der Waals surface area contributed by atoms with Gasteiger partial charge in [0, 0.05) is 5.56 Å². The molecule has 3 aromatic carbocycles. The van der Waals surface area contributed by atoms with Crippen LogP contribution >= 0.6 is 0 Å². The van der Waals surface area contributed by atoms with Crippen molar-refractivity contribution in [2.24, 2.45) is 0 Å². The van der Waals surface area contributed by atoms with Crippen LogP contribution in [0.4, 0.5) is 0 Å². The lowest BCUT2D eigenvalue weighted by Crippen LogP contribution is -2.22. The second-order valence-corrected chi connectivity index (χ2v) is 6.70. The number of phenols is 1. The number of hydrogen-bond donors (Lipinski definition) is 1. The maximum Gasteiger partial charge on any atom is 0.266 e. The molecule has 144 valence electrons. The second-order valence-electron chi connectivity index (χ2n) is 6.70. The molecule has 0 atom stereocenters. The number of aromatic hydroxyl groups is 1. The van der Waals surface area contributed by atoms with Gasteiger partial charge in [-0.05, 0) is 55.0 Å². The van der Waals surface area contributed by atoms with E-state index in [1.54, 1.807) is 41.0 Å². The number of para-hydroxylation sites is 2. The normalized spacial score (nSPS) is 11.2. The van der Waals surface area contributed by atoms with Gasteiger partial charge in [0.15, 0.2) is 11.5 Å². The van der Waals surface area contributed by atoms with Gasteiger partial charge >= 0.3 is 0 Å². The third-order valence-electron chi connectivity index (χ3n) is 4.72. The topological polar surface area (TPSA) is 64.3 Å². The molecule has 5 heteroatoms. The first-order valence-corrected chi connectivity index (χ1v) is 9.21. The Morgan fingerprint density at radius 3 is 2.59 bits per heavy atom. The van der Waals surface area contributed by atoms with Crippen LogP contribution in [0, 0.1) is 6.92 Å². The molecule has 5 nitrogen and oxygen atoms in total. The number of phenolic OH excluding ortho intramolecular Hbond substituents is 1. The molecule has 0 amide bonds. The van der Waals surface area contributed by atoms with E-state index in [0.29, 0.717) is 28.0 Å². The van der Waals surface area contributed by atoms with Crippen LogP contribution in [0.2, 0.25) is 0 Å². The number of fused-ring (bicyclic) bond motifs is 1. The van der Waals surface area contributed by atoms with Gasteiger partial charge < -0.3 is 9.84 Å². The first kappa shape index (κ1) is 18.5. The monoisotopic (exact) mass is 384 g/mol. The van der Waals surface area contributed by atoms with Crippen molar-refractivity contribution in [3.05, 3.63) is 94.0 Å². The Labute approximate surface area is 168 Å². The van der Waals surface area contributed by atoms with Crippen molar-refractivity contribution in [3.8, 4) is 17.2 Å². The Bertz CT molecular complexity index is 1290. The standard InChI is InChI=1S/C24H20N2O3/c1-16-7-5-9-18(15-16)26-22(25-20-11-4-3-10-19(20)24(26)28)14-13-17-8-6-12-21(29-2)23(17)27/h3-15,27H,1-2H3. The number of aromatic nitrogens is 2. The molecule has 1 aromatic heterocycles. The Morgan fingerprint density at radius 1 is 1.00 bits per heavy atom. The van der Waals surface area contributed by atoms with Crippen LogP contribution in [-0.4, -0.2) is 21.8 Å². The van der Waals surface area contributed by atoms with Crippen molar-refractivity contribution in [1.29, 1.82) is 0 Å². The number of methoxy groups -OCH3 is 1. The van der Waals surface area contributed by atoms with Crippen molar-refractivity contribution in [2.45, 2.75) is 6.92 Å². The highest BCUT2D eigenvalue weighted by Crippen LogP contribution is 2.30. The van der Waals surface area contributed by atoms with Gasteiger partial charge in [-0.25, -0.2) is 4.98 Å². The fraction of sp³-hybridized carbons (Fsp3) is 0.0833.